The van der Waals surface area contributed by atoms with E-state index in [2.05, 4.69) is 4.98 Å². The number of hydrogen-bond acceptors (Lipinski definition) is 3. The van der Waals surface area contributed by atoms with Gasteiger partial charge in [0.2, 0.25) is 0 Å². The highest BCUT2D eigenvalue weighted by Crippen LogP contribution is 2.22. The van der Waals surface area contributed by atoms with Gasteiger partial charge in [-0.3, -0.25) is 4.98 Å². The minimum Gasteiger partial charge on any atom is -0.492 e. The van der Waals surface area contributed by atoms with Crippen LogP contribution in [-0.4, -0.2) is 24.0 Å². The van der Waals surface area contributed by atoms with E-state index in [9.17, 15) is 0 Å². The van der Waals surface area contributed by atoms with Crippen LogP contribution in [0.4, 0.5) is 0 Å². The van der Waals surface area contributed by atoms with Crippen LogP contribution in [0.5, 0.6) is 5.75 Å². The van der Waals surface area contributed by atoms with Crippen molar-refractivity contribution in [1.29, 1.82) is 0 Å². The Morgan fingerprint density at radius 1 is 1.57 bits per heavy atom. The summed E-state index contributed by atoms with van der Waals surface area (Å²) in [6.07, 6.45) is 3.16. The average Bonchev–Trinajstić information content (AvgIpc) is 2.22. The molecule has 0 aliphatic carbocycles. The summed E-state index contributed by atoms with van der Waals surface area (Å²) >= 11 is 11.5. The molecule has 0 saturated carbocycles. The first-order valence-corrected chi connectivity index (χ1v) is 5.17. The number of nitrogens with zero attached hydrogens (tertiary/aromatic N) is 1. The molecule has 0 fully saturated rings. The van der Waals surface area contributed by atoms with Gasteiger partial charge in [0.25, 0.3) is 0 Å². The summed E-state index contributed by atoms with van der Waals surface area (Å²) in [5.41, 5.74) is 5.48. The van der Waals surface area contributed by atoms with E-state index in [0.717, 1.165) is 0 Å². The molecule has 0 radical (unpaired) electrons. The summed E-state index contributed by atoms with van der Waals surface area (Å²) in [7, 11) is 0. The second kappa shape index (κ2) is 6.06. The molecule has 1 rings (SSSR count). The quantitative estimate of drug-likeness (QED) is 0.793. The lowest BCUT2D eigenvalue weighted by Gasteiger charge is -2.13. The first-order valence-electron chi connectivity index (χ1n) is 4.26. The topological polar surface area (TPSA) is 48.1 Å². The Morgan fingerprint density at radius 3 is 2.93 bits per heavy atom. The van der Waals surface area contributed by atoms with Crippen molar-refractivity contribution >= 4 is 23.2 Å². The minimum absolute atomic E-state index is 0.154. The summed E-state index contributed by atoms with van der Waals surface area (Å²) in [6.45, 7) is 0.982. The van der Waals surface area contributed by atoms with Crippen LogP contribution in [0, 0.1) is 5.92 Å². The predicted octanol–water partition coefficient (Wildman–Crippen LogP) is 1.93. The Kier molecular flexibility index (Phi) is 5.01. The number of rotatable bonds is 5. The Balaban J connectivity index is 2.49. The smallest absolute Gasteiger partial charge is 0.141 e. The third-order valence-electron chi connectivity index (χ3n) is 1.76. The van der Waals surface area contributed by atoms with E-state index >= 15 is 0 Å². The van der Waals surface area contributed by atoms with E-state index < -0.39 is 0 Å². The first-order chi connectivity index (χ1) is 6.77. The van der Waals surface area contributed by atoms with E-state index in [1.807, 2.05) is 0 Å². The lowest BCUT2D eigenvalue weighted by atomic mass is 10.2. The van der Waals surface area contributed by atoms with Gasteiger partial charge < -0.3 is 10.5 Å². The third-order valence-corrected chi connectivity index (χ3v) is 2.48. The average molecular weight is 235 g/mol. The normalized spacial score (nSPS) is 12.5. The van der Waals surface area contributed by atoms with E-state index in [1.165, 1.54) is 6.20 Å². The molecule has 78 valence electrons. The van der Waals surface area contributed by atoms with E-state index in [1.54, 1.807) is 12.3 Å². The molecule has 0 aromatic carbocycles. The molecule has 3 nitrogen and oxygen atoms in total. The van der Waals surface area contributed by atoms with Crippen LogP contribution < -0.4 is 10.5 Å². The maximum absolute atomic E-state index is 5.84. The van der Waals surface area contributed by atoms with Gasteiger partial charge in [-0.05, 0) is 6.54 Å². The van der Waals surface area contributed by atoms with Crippen molar-refractivity contribution in [3.05, 3.63) is 23.5 Å². The lowest BCUT2D eigenvalue weighted by molar-refractivity contribution is 0.265. The zero-order valence-corrected chi connectivity index (χ0v) is 9.13. The maximum Gasteiger partial charge on any atom is 0.141 e. The van der Waals surface area contributed by atoms with Crippen molar-refractivity contribution < 1.29 is 4.74 Å². The fraction of sp³-hybridized carbons (Fsp3) is 0.444. The van der Waals surface area contributed by atoms with Gasteiger partial charge in [0.1, 0.15) is 10.8 Å². The molecule has 0 bridgehead atoms. The number of halogens is 2. The van der Waals surface area contributed by atoms with Crippen LogP contribution in [-0.2, 0) is 0 Å². The van der Waals surface area contributed by atoms with Crippen LogP contribution in [0.15, 0.2) is 18.5 Å². The van der Waals surface area contributed by atoms with E-state index in [4.69, 9.17) is 33.7 Å². The molecule has 0 amide bonds. The van der Waals surface area contributed by atoms with Crippen LogP contribution in [0.25, 0.3) is 0 Å². The fourth-order valence-corrected chi connectivity index (χ4v) is 1.25. The van der Waals surface area contributed by atoms with Crippen LogP contribution >= 0.6 is 23.2 Å². The van der Waals surface area contributed by atoms with Gasteiger partial charge in [-0.25, -0.2) is 0 Å². The molecule has 0 spiro atoms. The molecule has 0 aliphatic heterocycles. The Hall–Kier alpha value is -0.510. The van der Waals surface area contributed by atoms with Crippen molar-refractivity contribution in [2.24, 2.45) is 11.7 Å². The van der Waals surface area contributed by atoms with E-state index in [0.29, 0.717) is 29.8 Å². The largest absolute Gasteiger partial charge is 0.492 e. The Morgan fingerprint density at radius 2 is 2.36 bits per heavy atom. The summed E-state index contributed by atoms with van der Waals surface area (Å²) in [6, 6.07) is 1.71. The number of hydrogen-bond donors (Lipinski definition) is 1. The standard InChI is InChI=1S/C9H12Cl2N2O/c10-3-7(4-12)6-14-9-1-2-13-5-8(9)11/h1-2,5,7H,3-4,6,12H2. The number of ether oxygens (including phenoxy) is 1. The molecule has 1 atom stereocenters. The second-order valence-electron chi connectivity index (χ2n) is 2.87. The van der Waals surface area contributed by atoms with Crippen LogP contribution in [0.3, 0.4) is 0 Å². The molecule has 0 aliphatic rings. The van der Waals surface area contributed by atoms with Gasteiger partial charge in [-0.15, -0.1) is 11.6 Å². The number of nitrogens with two attached hydrogens (primary N) is 1. The van der Waals surface area contributed by atoms with Crippen molar-refractivity contribution in [3.63, 3.8) is 0 Å². The van der Waals surface area contributed by atoms with Gasteiger partial charge in [-0.2, -0.15) is 0 Å². The van der Waals surface area contributed by atoms with Crippen LogP contribution in [0.1, 0.15) is 0 Å². The lowest BCUT2D eigenvalue weighted by Crippen LogP contribution is -2.22. The molecule has 14 heavy (non-hydrogen) atoms. The maximum atomic E-state index is 5.84. The molecular formula is C9H12Cl2N2O. The molecule has 1 heterocycles. The van der Waals surface area contributed by atoms with Crippen molar-refractivity contribution in [1.82, 2.24) is 4.98 Å². The summed E-state index contributed by atoms with van der Waals surface area (Å²) in [5.74, 6) is 1.25. The van der Waals surface area contributed by atoms with Gasteiger partial charge in [0.05, 0.1) is 6.61 Å². The first kappa shape index (κ1) is 11.6. The molecule has 0 saturated heterocycles. The second-order valence-corrected chi connectivity index (χ2v) is 3.59. The van der Waals surface area contributed by atoms with Crippen molar-refractivity contribution in [2.45, 2.75) is 0 Å². The van der Waals surface area contributed by atoms with Gasteiger partial charge in [0, 0.05) is 30.3 Å². The van der Waals surface area contributed by atoms with Gasteiger partial charge in [-0.1, -0.05) is 11.6 Å². The predicted molar refractivity (Wildman–Crippen MR) is 58.0 cm³/mol. The van der Waals surface area contributed by atoms with Crippen molar-refractivity contribution in [2.75, 3.05) is 19.0 Å². The number of pyridine rings is 1. The zero-order valence-electron chi connectivity index (χ0n) is 7.62. The SMILES string of the molecule is NCC(CCl)COc1ccncc1Cl. The molecule has 1 aromatic heterocycles. The third kappa shape index (κ3) is 3.33. The number of alkyl halides is 1. The fourth-order valence-electron chi connectivity index (χ4n) is 0.863. The summed E-state index contributed by atoms with van der Waals surface area (Å²) < 4.78 is 5.44. The highest BCUT2D eigenvalue weighted by atomic mass is 35.5. The number of aromatic nitrogens is 1. The van der Waals surface area contributed by atoms with Crippen molar-refractivity contribution in [3.8, 4) is 5.75 Å². The van der Waals surface area contributed by atoms with Gasteiger partial charge in [0.15, 0.2) is 0 Å². The monoisotopic (exact) mass is 234 g/mol. The Bertz CT molecular complexity index is 279. The molecular weight excluding hydrogens is 223 g/mol. The summed E-state index contributed by atoms with van der Waals surface area (Å²) in [5, 5.41) is 0.498. The molecule has 1 unspecified atom stereocenters. The van der Waals surface area contributed by atoms with Gasteiger partial charge >= 0.3 is 0 Å². The summed E-state index contributed by atoms with van der Waals surface area (Å²) in [4.78, 5) is 3.85. The highest BCUT2D eigenvalue weighted by Gasteiger charge is 2.07. The van der Waals surface area contributed by atoms with E-state index in [-0.39, 0.29) is 5.92 Å². The molecule has 5 heteroatoms. The molecule has 2 N–H and O–H groups in total. The highest BCUT2D eigenvalue weighted by molar-refractivity contribution is 6.31. The van der Waals surface area contributed by atoms with Crippen LogP contribution in [0.2, 0.25) is 5.02 Å². The zero-order chi connectivity index (χ0) is 10.4. The molecule has 1 aromatic rings. The minimum atomic E-state index is 0.154. The Labute approximate surface area is 93.2 Å².